The van der Waals surface area contributed by atoms with Gasteiger partial charge in [0.15, 0.2) is 0 Å². The van der Waals surface area contributed by atoms with E-state index in [1.165, 1.54) is 17.7 Å². The summed E-state index contributed by atoms with van der Waals surface area (Å²) in [6, 6.07) is 9.99. The molecule has 1 atom stereocenters. The van der Waals surface area contributed by atoms with Gasteiger partial charge in [-0.15, -0.1) is 11.3 Å². The molecule has 0 bridgehead atoms. The number of benzene rings is 1. The van der Waals surface area contributed by atoms with E-state index in [1.54, 1.807) is 17.4 Å². The van der Waals surface area contributed by atoms with Crippen molar-refractivity contribution >= 4 is 11.3 Å². The molecule has 106 valence electrons. The van der Waals surface area contributed by atoms with Gasteiger partial charge in [0.25, 0.3) is 0 Å². The lowest BCUT2D eigenvalue weighted by Crippen LogP contribution is -2.21. The van der Waals surface area contributed by atoms with E-state index in [9.17, 15) is 4.39 Å². The van der Waals surface area contributed by atoms with Crippen molar-refractivity contribution < 1.29 is 4.39 Å². The first kappa shape index (κ1) is 13.8. The number of hydrogen-bond acceptors (Lipinski definition) is 2. The highest BCUT2D eigenvalue weighted by Crippen LogP contribution is 2.44. The topological polar surface area (TPSA) is 12.0 Å². The van der Waals surface area contributed by atoms with Gasteiger partial charge in [0, 0.05) is 21.4 Å². The highest BCUT2D eigenvalue weighted by molar-refractivity contribution is 7.15. The smallest absolute Gasteiger partial charge is 0.131 e. The standard InChI is InChI=1S/C17H20FNS/c1-3-19-17(12-5-6-12)16-9-8-15(20-16)13-10-11(2)4-7-14(13)18/h4,7-10,12,17,19H,3,5-6H2,1-2H3. The zero-order valence-electron chi connectivity index (χ0n) is 11.9. The maximum atomic E-state index is 14.0. The van der Waals surface area contributed by atoms with Crippen LogP contribution < -0.4 is 5.32 Å². The Labute approximate surface area is 123 Å². The van der Waals surface area contributed by atoms with Gasteiger partial charge in [0.2, 0.25) is 0 Å². The van der Waals surface area contributed by atoms with Gasteiger partial charge < -0.3 is 5.32 Å². The lowest BCUT2D eigenvalue weighted by atomic mass is 10.1. The van der Waals surface area contributed by atoms with Gasteiger partial charge in [0.05, 0.1) is 0 Å². The van der Waals surface area contributed by atoms with E-state index < -0.39 is 0 Å². The second-order valence-electron chi connectivity index (χ2n) is 5.56. The van der Waals surface area contributed by atoms with Crippen LogP contribution in [-0.4, -0.2) is 6.54 Å². The molecular weight excluding hydrogens is 269 g/mol. The predicted octanol–water partition coefficient (Wildman–Crippen LogP) is 4.92. The highest BCUT2D eigenvalue weighted by atomic mass is 32.1. The van der Waals surface area contributed by atoms with Crippen LogP contribution in [0.2, 0.25) is 0 Å². The van der Waals surface area contributed by atoms with Crippen LogP contribution in [0.5, 0.6) is 0 Å². The second kappa shape index (κ2) is 5.66. The summed E-state index contributed by atoms with van der Waals surface area (Å²) >= 11 is 1.72. The molecule has 1 aromatic carbocycles. The van der Waals surface area contributed by atoms with E-state index in [-0.39, 0.29) is 5.82 Å². The molecule has 3 rings (SSSR count). The van der Waals surface area contributed by atoms with Crippen LogP contribution in [0.3, 0.4) is 0 Å². The minimum Gasteiger partial charge on any atom is -0.309 e. The summed E-state index contributed by atoms with van der Waals surface area (Å²) in [5.41, 5.74) is 1.83. The Morgan fingerprint density at radius 3 is 2.80 bits per heavy atom. The van der Waals surface area contributed by atoms with Crippen LogP contribution in [0.4, 0.5) is 4.39 Å². The molecule has 3 heteroatoms. The summed E-state index contributed by atoms with van der Waals surface area (Å²) in [6.07, 6.45) is 2.62. The van der Waals surface area contributed by atoms with Crippen molar-refractivity contribution in [1.29, 1.82) is 0 Å². The largest absolute Gasteiger partial charge is 0.309 e. The van der Waals surface area contributed by atoms with Gasteiger partial charge in [-0.3, -0.25) is 0 Å². The monoisotopic (exact) mass is 289 g/mol. The van der Waals surface area contributed by atoms with Crippen molar-refractivity contribution in [2.45, 2.75) is 32.7 Å². The summed E-state index contributed by atoms with van der Waals surface area (Å²) in [4.78, 5) is 2.37. The predicted molar refractivity (Wildman–Crippen MR) is 83.6 cm³/mol. The molecule has 0 amide bonds. The number of thiophene rings is 1. The van der Waals surface area contributed by atoms with Gasteiger partial charge >= 0.3 is 0 Å². The lowest BCUT2D eigenvalue weighted by molar-refractivity contribution is 0.504. The fourth-order valence-corrected chi connectivity index (χ4v) is 3.84. The molecule has 0 spiro atoms. The fraction of sp³-hybridized carbons (Fsp3) is 0.412. The van der Waals surface area contributed by atoms with Crippen LogP contribution >= 0.6 is 11.3 Å². The number of hydrogen-bond donors (Lipinski definition) is 1. The van der Waals surface area contributed by atoms with Crippen LogP contribution in [-0.2, 0) is 0 Å². The van der Waals surface area contributed by atoms with E-state index in [4.69, 9.17) is 0 Å². The first-order valence-corrected chi connectivity index (χ1v) is 8.10. The molecule has 1 fully saturated rings. The maximum absolute atomic E-state index is 14.0. The molecule has 0 radical (unpaired) electrons. The first-order chi connectivity index (χ1) is 9.69. The molecule has 0 saturated heterocycles. The van der Waals surface area contributed by atoms with Crippen molar-refractivity contribution in [3.8, 4) is 10.4 Å². The Hall–Kier alpha value is -1.19. The van der Waals surface area contributed by atoms with Crippen LogP contribution in [0, 0.1) is 18.7 Å². The summed E-state index contributed by atoms with van der Waals surface area (Å²) in [6.45, 7) is 5.13. The number of halogens is 1. The van der Waals surface area contributed by atoms with Crippen LogP contribution in [0.1, 0.15) is 36.2 Å². The first-order valence-electron chi connectivity index (χ1n) is 7.28. The molecule has 2 aromatic rings. The number of aryl methyl sites for hydroxylation is 1. The third kappa shape index (κ3) is 2.79. The minimum absolute atomic E-state index is 0.129. The quantitative estimate of drug-likeness (QED) is 0.823. The van der Waals surface area contributed by atoms with Gasteiger partial charge in [0.1, 0.15) is 5.82 Å². The van der Waals surface area contributed by atoms with Gasteiger partial charge in [-0.1, -0.05) is 18.6 Å². The number of rotatable bonds is 5. The lowest BCUT2D eigenvalue weighted by Gasteiger charge is -2.15. The van der Waals surface area contributed by atoms with E-state index >= 15 is 0 Å². The normalized spacial score (nSPS) is 16.4. The van der Waals surface area contributed by atoms with Gasteiger partial charge in [-0.2, -0.15) is 0 Å². The molecule has 1 saturated carbocycles. The molecule has 1 aliphatic carbocycles. The Balaban J connectivity index is 1.90. The van der Waals surface area contributed by atoms with Crippen molar-refractivity contribution in [2.75, 3.05) is 6.54 Å². The summed E-state index contributed by atoms with van der Waals surface area (Å²) in [7, 11) is 0. The van der Waals surface area contributed by atoms with Gasteiger partial charge in [-0.25, -0.2) is 4.39 Å². The van der Waals surface area contributed by atoms with E-state index in [0.717, 1.165) is 28.5 Å². The average molecular weight is 289 g/mol. The van der Waals surface area contributed by atoms with Crippen molar-refractivity contribution in [1.82, 2.24) is 5.32 Å². The Bertz CT molecular complexity index is 601. The van der Waals surface area contributed by atoms with E-state index in [0.29, 0.717) is 6.04 Å². The SMILES string of the molecule is CCNC(c1ccc(-c2cc(C)ccc2F)s1)C1CC1. The Morgan fingerprint density at radius 2 is 2.10 bits per heavy atom. The number of nitrogens with one attached hydrogen (secondary N) is 1. The Kier molecular flexibility index (Phi) is 3.90. The average Bonchev–Trinajstić information content (AvgIpc) is 3.16. The van der Waals surface area contributed by atoms with Crippen molar-refractivity contribution in [3.05, 3.63) is 46.6 Å². The third-order valence-electron chi connectivity index (χ3n) is 3.84. The fourth-order valence-electron chi connectivity index (χ4n) is 2.64. The molecular formula is C17H20FNS. The summed E-state index contributed by atoms with van der Waals surface area (Å²) in [5.74, 6) is 0.638. The van der Waals surface area contributed by atoms with Crippen molar-refractivity contribution in [3.63, 3.8) is 0 Å². The molecule has 1 heterocycles. The van der Waals surface area contributed by atoms with E-state index in [1.807, 2.05) is 19.1 Å². The molecule has 1 N–H and O–H groups in total. The summed E-state index contributed by atoms with van der Waals surface area (Å²) < 4.78 is 14.0. The third-order valence-corrected chi connectivity index (χ3v) is 5.04. The Morgan fingerprint density at radius 1 is 1.30 bits per heavy atom. The second-order valence-corrected chi connectivity index (χ2v) is 6.67. The zero-order chi connectivity index (χ0) is 14.1. The van der Waals surface area contributed by atoms with Crippen molar-refractivity contribution in [2.24, 2.45) is 5.92 Å². The van der Waals surface area contributed by atoms with E-state index in [2.05, 4.69) is 24.4 Å². The molecule has 1 aliphatic rings. The minimum atomic E-state index is -0.129. The van der Waals surface area contributed by atoms with Crippen LogP contribution in [0.15, 0.2) is 30.3 Å². The molecule has 1 aromatic heterocycles. The molecule has 1 unspecified atom stereocenters. The molecule has 20 heavy (non-hydrogen) atoms. The van der Waals surface area contributed by atoms with Crippen LogP contribution in [0.25, 0.3) is 10.4 Å². The molecule has 0 aliphatic heterocycles. The maximum Gasteiger partial charge on any atom is 0.131 e. The summed E-state index contributed by atoms with van der Waals surface area (Å²) in [5, 5.41) is 3.57. The van der Waals surface area contributed by atoms with Gasteiger partial charge in [-0.05, 0) is 56.5 Å². The zero-order valence-corrected chi connectivity index (χ0v) is 12.8. The molecule has 1 nitrogen and oxygen atoms in total. The highest BCUT2D eigenvalue weighted by Gasteiger charge is 2.32.